The zero-order chi connectivity index (χ0) is 13.8. The van der Waals surface area contributed by atoms with E-state index < -0.39 is 5.97 Å². The Morgan fingerprint density at radius 1 is 1.37 bits per heavy atom. The number of carboxylic acid groups (broad SMARTS) is 1. The van der Waals surface area contributed by atoms with Gasteiger partial charge in [0.25, 0.3) is 0 Å². The molecule has 0 saturated heterocycles. The molecule has 2 aromatic rings. The zero-order valence-corrected chi connectivity index (χ0v) is 12.0. The number of halogens is 1. The van der Waals surface area contributed by atoms with Gasteiger partial charge in [0.15, 0.2) is 0 Å². The van der Waals surface area contributed by atoms with Crippen LogP contribution in [0.4, 0.5) is 0 Å². The van der Waals surface area contributed by atoms with Crippen LogP contribution < -0.4 is 5.32 Å². The fourth-order valence-electron chi connectivity index (χ4n) is 1.79. The van der Waals surface area contributed by atoms with Crippen molar-refractivity contribution in [3.8, 4) is 0 Å². The minimum atomic E-state index is -0.869. The van der Waals surface area contributed by atoms with Gasteiger partial charge in [-0.25, -0.2) is 4.79 Å². The first kappa shape index (κ1) is 14.1. The summed E-state index contributed by atoms with van der Waals surface area (Å²) < 4.78 is 0. The monoisotopic (exact) mass is 295 g/mol. The number of carboxylic acids is 1. The molecule has 0 spiro atoms. The van der Waals surface area contributed by atoms with Crippen LogP contribution in [0, 0.1) is 0 Å². The van der Waals surface area contributed by atoms with Gasteiger partial charge in [-0.1, -0.05) is 23.7 Å². The Morgan fingerprint density at radius 2 is 2.05 bits per heavy atom. The minimum Gasteiger partial charge on any atom is -0.477 e. The van der Waals surface area contributed by atoms with E-state index in [9.17, 15) is 4.79 Å². The summed E-state index contributed by atoms with van der Waals surface area (Å²) in [6.45, 7) is 2.57. The second-order valence-electron chi connectivity index (χ2n) is 4.23. The van der Waals surface area contributed by atoms with Crippen LogP contribution in [-0.2, 0) is 6.54 Å². The molecule has 1 aromatic carbocycles. The third-order valence-corrected chi connectivity index (χ3v) is 4.11. The van der Waals surface area contributed by atoms with Crippen molar-refractivity contribution in [2.45, 2.75) is 19.5 Å². The summed E-state index contributed by atoms with van der Waals surface area (Å²) >= 11 is 7.10. The standard InChI is InChI=1S/C14H14ClNO2S/c1-9(10-2-4-12(15)5-3-10)16-8-11-6-7-19-13(11)14(17)18/h2-7,9,16H,8H2,1H3,(H,17,18)/t9-/m1/s1. The number of thiophene rings is 1. The van der Waals surface area contributed by atoms with Gasteiger partial charge in [0.2, 0.25) is 0 Å². The number of aromatic carboxylic acids is 1. The van der Waals surface area contributed by atoms with Crippen LogP contribution in [0.15, 0.2) is 35.7 Å². The van der Waals surface area contributed by atoms with Crippen molar-refractivity contribution >= 4 is 28.9 Å². The first-order valence-electron chi connectivity index (χ1n) is 5.86. The van der Waals surface area contributed by atoms with Gasteiger partial charge in [-0.3, -0.25) is 0 Å². The van der Waals surface area contributed by atoms with Crippen molar-refractivity contribution in [1.29, 1.82) is 0 Å². The third kappa shape index (κ3) is 3.56. The van der Waals surface area contributed by atoms with Gasteiger partial charge in [0.1, 0.15) is 4.88 Å². The van der Waals surface area contributed by atoms with Crippen molar-refractivity contribution in [3.63, 3.8) is 0 Å². The fraction of sp³-hybridized carbons (Fsp3) is 0.214. The number of benzene rings is 1. The summed E-state index contributed by atoms with van der Waals surface area (Å²) in [4.78, 5) is 11.4. The van der Waals surface area contributed by atoms with Crippen molar-refractivity contribution in [2.24, 2.45) is 0 Å². The molecule has 5 heteroatoms. The molecule has 2 rings (SSSR count). The smallest absolute Gasteiger partial charge is 0.346 e. The van der Waals surface area contributed by atoms with Crippen molar-refractivity contribution in [3.05, 3.63) is 56.7 Å². The van der Waals surface area contributed by atoms with E-state index in [2.05, 4.69) is 5.32 Å². The highest BCUT2D eigenvalue weighted by molar-refractivity contribution is 7.12. The molecule has 0 aliphatic carbocycles. The summed E-state index contributed by atoms with van der Waals surface area (Å²) in [7, 11) is 0. The van der Waals surface area contributed by atoms with E-state index >= 15 is 0 Å². The average Bonchev–Trinajstić information content (AvgIpc) is 2.85. The van der Waals surface area contributed by atoms with Gasteiger partial charge in [0.05, 0.1) is 0 Å². The predicted octanol–water partition coefficient (Wildman–Crippen LogP) is 3.95. The average molecular weight is 296 g/mol. The molecule has 0 aliphatic rings. The van der Waals surface area contributed by atoms with Crippen molar-refractivity contribution in [2.75, 3.05) is 0 Å². The minimum absolute atomic E-state index is 0.138. The second-order valence-corrected chi connectivity index (χ2v) is 5.59. The topological polar surface area (TPSA) is 49.3 Å². The van der Waals surface area contributed by atoms with Crippen LogP contribution in [0.1, 0.15) is 33.8 Å². The largest absolute Gasteiger partial charge is 0.477 e. The molecule has 1 atom stereocenters. The van der Waals surface area contributed by atoms with Gasteiger partial charge in [-0.2, -0.15) is 0 Å². The summed E-state index contributed by atoms with van der Waals surface area (Å²) in [5, 5.41) is 14.9. The Balaban J connectivity index is 2.00. The number of hydrogen-bond donors (Lipinski definition) is 2. The molecule has 2 N–H and O–H groups in total. The molecular weight excluding hydrogens is 282 g/mol. The highest BCUT2D eigenvalue weighted by Crippen LogP contribution is 2.19. The highest BCUT2D eigenvalue weighted by Gasteiger charge is 2.12. The van der Waals surface area contributed by atoms with Gasteiger partial charge < -0.3 is 10.4 Å². The lowest BCUT2D eigenvalue weighted by atomic mass is 10.1. The molecule has 0 unspecified atom stereocenters. The Bertz CT molecular complexity index is 565. The van der Waals surface area contributed by atoms with E-state index in [1.807, 2.05) is 37.3 Å². The first-order valence-corrected chi connectivity index (χ1v) is 7.12. The molecule has 1 aromatic heterocycles. The summed E-state index contributed by atoms with van der Waals surface area (Å²) in [5.41, 5.74) is 1.94. The SMILES string of the molecule is C[C@@H](NCc1ccsc1C(=O)O)c1ccc(Cl)cc1. The summed E-state index contributed by atoms with van der Waals surface area (Å²) in [5.74, 6) is -0.869. The number of rotatable bonds is 5. The van der Waals surface area contributed by atoms with E-state index in [4.69, 9.17) is 16.7 Å². The van der Waals surface area contributed by atoms with Crippen LogP contribution in [0.25, 0.3) is 0 Å². The van der Waals surface area contributed by atoms with Gasteiger partial charge in [-0.15, -0.1) is 11.3 Å². The molecule has 0 saturated carbocycles. The van der Waals surface area contributed by atoms with Crippen LogP contribution in [0.2, 0.25) is 5.02 Å². The Labute approximate surface area is 120 Å². The number of hydrogen-bond acceptors (Lipinski definition) is 3. The molecule has 3 nitrogen and oxygen atoms in total. The summed E-state index contributed by atoms with van der Waals surface area (Å²) in [6.07, 6.45) is 0. The zero-order valence-electron chi connectivity index (χ0n) is 10.4. The number of nitrogens with one attached hydrogen (secondary N) is 1. The lowest BCUT2D eigenvalue weighted by molar-refractivity contribution is 0.0701. The maximum atomic E-state index is 11.0. The maximum absolute atomic E-state index is 11.0. The molecule has 0 aliphatic heterocycles. The normalized spacial score (nSPS) is 12.3. The molecule has 19 heavy (non-hydrogen) atoms. The van der Waals surface area contributed by atoms with Gasteiger partial charge in [-0.05, 0) is 41.6 Å². The van der Waals surface area contributed by atoms with E-state index in [0.29, 0.717) is 16.4 Å². The van der Waals surface area contributed by atoms with Crippen molar-refractivity contribution < 1.29 is 9.90 Å². The molecular formula is C14H14ClNO2S. The molecule has 0 radical (unpaired) electrons. The van der Waals surface area contributed by atoms with E-state index in [0.717, 1.165) is 11.1 Å². The first-order chi connectivity index (χ1) is 9.08. The fourth-order valence-corrected chi connectivity index (χ4v) is 2.68. The Morgan fingerprint density at radius 3 is 2.68 bits per heavy atom. The van der Waals surface area contributed by atoms with E-state index in [1.54, 1.807) is 5.38 Å². The van der Waals surface area contributed by atoms with Crippen LogP contribution in [0.3, 0.4) is 0 Å². The molecule has 0 bridgehead atoms. The highest BCUT2D eigenvalue weighted by atomic mass is 35.5. The van der Waals surface area contributed by atoms with E-state index in [1.165, 1.54) is 11.3 Å². The maximum Gasteiger partial charge on any atom is 0.346 e. The number of carbonyl (C=O) groups is 1. The Hall–Kier alpha value is -1.36. The molecule has 1 heterocycles. The van der Waals surface area contributed by atoms with Crippen LogP contribution in [0.5, 0.6) is 0 Å². The predicted molar refractivity (Wildman–Crippen MR) is 78.0 cm³/mol. The lowest BCUT2D eigenvalue weighted by Gasteiger charge is -2.14. The van der Waals surface area contributed by atoms with Crippen LogP contribution >= 0.6 is 22.9 Å². The molecule has 0 amide bonds. The summed E-state index contributed by atoms with van der Waals surface area (Å²) in [6, 6.07) is 9.61. The van der Waals surface area contributed by atoms with Crippen molar-refractivity contribution in [1.82, 2.24) is 5.32 Å². The van der Waals surface area contributed by atoms with E-state index in [-0.39, 0.29) is 6.04 Å². The van der Waals surface area contributed by atoms with Crippen LogP contribution in [-0.4, -0.2) is 11.1 Å². The second kappa shape index (κ2) is 6.19. The van der Waals surface area contributed by atoms with Gasteiger partial charge >= 0.3 is 5.97 Å². The Kier molecular flexibility index (Phi) is 4.58. The third-order valence-electron chi connectivity index (χ3n) is 2.91. The molecule has 100 valence electrons. The molecule has 0 fully saturated rings. The lowest BCUT2D eigenvalue weighted by Crippen LogP contribution is -2.18. The van der Waals surface area contributed by atoms with Gasteiger partial charge in [0, 0.05) is 17.6 Å². The quantitative estimate of drug-likeness (QED) is 0.878.